The van der Waals surface area contributed by atoms with E-state index in [9.17, 15) is 4.79 Å². The molecule has 1 heterocycles. The first-order valence-electron chi connectivity index (χ1n) is 7.76. The van der Waals surface area contributed by atoms with Gasteiger partial charge < -0.3 is 14.5 Å². The van der Waals surface area contributed by atoms with Crippen LogP contribution >= 0.6 is 23.2 Å². The van der Waals surface area contributed by atoms with Crippen LogP contribution in [0.5, 0.6) is 5.75 Å². The highest BCUT2D eigenvalue weighted by Gasteiger charge is 2.15. The van der Waals surface area contributed by atoms with Crippen LogP contribution in [0, 0.1) is 0 Å². The summed E-state index contributed by atoms with van der Waals surface area (Å²) in [5.74, 6) is 0.598. The molecule has 0 saturated carbocycles. The minimum atomic E-state index is -0.226. The molecule has 3 rings (SSSR count). The van der Waals surface area contributed by atoms with Crippen LogP contribution in [0.15, 0.2) is 47.1 Å². The summed E-state index contributed by atoms with van der Waals surface area (Å²) in [5.41, 5.74) is 2.33. The Morgan fingerprint density at radius 1 is 1.24 bits per heavy atom. The van der Waals surface area contributed by atoms with E-state index in [0.29, 0.717) is 21.4 Å². The summed E-state index contributed by atoms with van der Waals surface area (Å²) < 4.78 is 10.7. The highest BCUT2D eigenvalue weighted by molar-refractivity contribution is 6.35. The maximum Gasteiger partial charge on any atom is 0.225 e. The van der Waals surface area contributed by atoms with Crippen LogP contribution in [0.25, 0.3) is 11.0 Å². The van der Waals surface area contributed by atoms with Gasteiger partial charge in [-0.2, -0.15) is 0 Å². The number of furan rings is 1. The number of amides is 1. The zero-order valence-electron chi connectivity index (χ0n) is 13.8. The number of hydrogen-bond acceptors (Lipinski definition) is 3. The number of rotatable bonds is 5. The second kappa shape index (κ2) is 7.38. The van der Waals surface area contributed by atoms with Crippen molar-refractivity contribution in [2.45, 2.75) is 19.4 Å². The van der Waals surface area contributed by atoms with Crippen molar-refractivity contribution in [1.29, 1.82) is 0 Å². The van der Waals surface area contributed by atoms with Crippen molar-refractivity contribution in [3.05, 3.63) is 63.8 Å². The first kappa shape index (κ1) is 17.6. The molecule has 0 aliphatic carbocycles. The molecule has 1 aromatic heterocycles. The Morgan fingerprint density at radius 3 is 2.76 bits per heavy atom. The van der Waals surface area contributed by atoms with Gasteiger partial charge in [-0.15, -0.1) is 0 Å². The summed E-state index contributed by atoms with van der Waals surface area (Å²) in [5, 5.41) is 4.94. The first-order chi connectivity index (χ1) is 12.0. The number of ether oxygens (including phenoxy) is 1. The number of fused-ring (bicyclic) bond motifs is 1. The highest BCUT2D eigenvalue weighted by atomic mass is 35.5. The highest BCUT2D eigenvalue weighted by Crippen LogP contribution is 2.28. The van der Waals surface area contributed by atoms with Crippen molar-refractivity contribution in [3.8, 4) is 5.75 Å². The normalized spacial score (nSPS) is 12.2. The third kappa shape index (κ3) is 3.91. The van der Waals surface area contributed by atoms with Gasteiger partial charge >= 0.3 is 0 Å². The SMILES string of the molecule is COc1ccc2c(CC(=O)NC(C)c3ccc(Cl)cc3Cl)coc2c1. The molecule has 1 N–H and O–H groups in total. The average molecular weight is 378 g/mol. The van der Waals surface area contributed by atoms with Gasteiger partial charge in [0.15, 0.2) is 0 Å². The standard InChI is InChI=1S/C19H17Cl2NO3/c1-11(15-5-3-13(20)8-17(15)21)22-19(23)7-12-10-25-18-9-14(24-2)4-6-16(12)18/h3-6,8-11H,7H2,1-2H3,(H,22,23). The van der Waals surface area contributed by atoms with E-state index in [0.717, 1.165) is 16.5 Å². The van der Waals surface area contributed by atoms with Crippen LogP contribution in [-0.2, 0) is 11.2 Å². The molecule has 0 radical (unpaired) electrons. The molecule has 0 aliphatic heterocycles. The molecule has 6 heteroatoms. The van der Waals surface area contributed by atoms with E-state index in [2.05, 4.69) is 5.32 Å². The van der Waals surface area contributed by atoms with Gasteiger partial charge in [-0.05, 0) is 36.8 Å². The largest absolute Gasteiger partial charge is 0.497 e. The summed E-state index contributed by atoms with van der Waals surface area (Å²) in [4.78, 5) is 12.4. The fourth-order valence-corrected chi connectivity index (χ4v) is 3.30. The summed E-state index contributed by atoms with van der Waals surface area (Å²) in [6.45, 7) is 1.88. The number of methoxy groups -OCH3 is 1. The molecule has 4 nitrogen and oxygen atoms in total. The molecule has 1 atom stereocenters. The lowest BCUT2D eigenvalue weighted by Gasteiger charge is -2.15. The van der Waals surface area contributed by atoms with Crippen molar-refractivity contribution in [3.63, 3.8) is 0 Å². The number of nitrogens with one attached hydrogen (secondary N) is 1. The second-order valence-corrected chi connectivity index (χ2v) is 6.60. The summed E-state index contributed by atoms with van der Waals surface area (Å²) in [6, 6.07) is 10.5. The van der Waals surface area contributed by atoms with Gasteiger partial charge in [-0.1, -0.05) is 29.3 Å². The van der Waals surface area contributed by atoms with Crippen LogP contribution in [-0.4, -0.2) is 13.0 Å². The quantitative estimate of drug-likeness (QED) is 0.667. The number of hydrogen-bond donors (Lipinski definition) is 1. The fourth-order valence-electron chi connectivity index (χ4n) is 2.72. The van der Waals surface area contributed by atoms with Crippen LogP contribution < -0.4 is 10.1 Å². The number of carbonyl (C=O) groups is 1. The van der Waals surface area contributed by atoms with Gasteiger partial charge in [-0.3, -0.25) is 4.79 Å². The molecule has 1 unspecified atom stereocenters. The molecule has 0 fully saturated rings. The van der Waals surface area contributed by atoms with Gasteiger partial charge in [0.05, 0.1) is 25.8 Å². The van der Waals surface area contributed by atoms with Crippen LogP contribution in [0.4, 0.5) is 0 Å². The predicted octanol–water partition coefficient (Wildman–Crippen LogP) is 5.17. The Bertz CT molecular complexity index is 920. The Labute approximate surface area is 155 Å². The minimum Gasteiger partial charge on any atom is -0.497 e. The third-order valence-electron chi connectivity index (χ3n) is 4.02. The molecule has 0 bridgehead atoms. The Kier molecular flexibility index (Phi) is 5.21. The van der Waals surface area contributed by atoms with Crippen molar-refractivity contribution >= 4 is 40.1 Å². The minimum absolute atomic E-state index is 0.114. The molecular weight excluding hydrogens is 361 g/mol. The van der Waals surface area contributed by atoms with Crippen molar-refractivity contribution in [1.82, 2.24) is 5.32 Å². The molecule has 2 aromatic carbocycles. The molecular formula is C19H17Cl2NO3. The topological polar surface area (TPSA) is 51.5 Å². The summed E-state index contributed by atoms with van der Waals surface area (Å²) in [7, 11) is 1.60. The van der Waals surface area contributed by atoms with Gasteiger partial charge in [0.25, 0.3) is 0 Å². The average Bonchev–Trinajstić information content (AvgIpc) is 2.96. The Balaban J connectivity index is 1.72. The van der Waals surface area contributed by atoms with E-state index in [1.165, 1.54) is 0 Å². The first-order valence-corrected chi connectivity index (χ1v) is 8.52. The predicted molar refractivity (Wildman–Crippen MR) is 99.5 cm³/mol. The zero-order chi connectivity index (χ0) is 18.0. The maximum absolute atomic E-state index is 12.4. The van der Waals surface area contributed by atoms with E-state index in [4.69, 9.17) is 32.4 Å². The Hall–Kier alpha value is -2.17. The van der Waals surface area contributed by atoms with Gasteiger partial charge in [0, 0.05) is 27.1 Å². The number of benzene rings is 2. The van der Waals surface area contributed by atoms with Gasteiger partial charge in [0.2, 0.25) is 5.91 Å². The van der Waals surface area contributed by atoms with Crippen LogP contribution in [0.2, 0.25) is 10.0 Å². The maximum atomic E-state index is 12.4. The molecule has 3 aromatic rings. The van der Waals surface area contributed by atoms with Gasteiger partial charge in [0.1, 0.15) is 11.3 Å². The van der Waals surface area contributed by atoms with Crippen LogP contribution in [0.1, 0.15) is 24.1 Å². The number of carbonyl (C=O) groups excluding carboxylic acids is 1. The lowest BCUT2D eigenvalue weighted by atomic mass is 10.1. The number of halogens is 2. The molecule has 130 valence electrons. The van der Waals surface area contributed by atoms with E-state index in [-0.39, 0.29) is 18.4 Å². The monoisotopic (exact) mass is 377 g/mol. The smallest absolute Gasteiger partial charge is 0.225 e. The molecule has 25 heavy (non-hydrogen) atoms. The van der Waals surface area contributed by atoms with E-state index in [1.807, 2.05) is 25.1 Å². The van der Waals surface area contributed by atoms with Gasteiger partial charge in [-0.25, -0.2) is 0 Å². The fraction of sp³-hybridized carbons (Fsp3) is 0.211. The second-order valence-electron chi connectivity index (χ2n) is 5.75. The summed E-state index contributed by atoms with van der Waals surface area (Å²) >= 11 is 12.1. The van der Waals surface area contributed by atoms with E-state index in [1.54, 1.807) is 31.6 Å². The molecule has 0 saturated heterocycles. The van der Waals surface area contributed by atoms with Crippen molar-refractivity contribution < 1.29 is 13.9 Å². The third-order valence-corrected chi connectivity index (χ3v) is 4.58. The lowest BCUT2D eigenvalue weighted by Crippen LogP contribution is -2.28. The van der Waals surface area contributed by atoms with Crippen molar-refractivity contribution in [2.75, 3.05) is 7.11 Å². The van der Waals surface area contributed by atoms with E-state index >= 15 is 0 Å². The van der Waals surface area contributed by atoms with E-state index < -0.39 is 0 Å². The summed E-state index contributed by atoms with van der Waals surface area (Å²) in [6.07, 6.45) is 1.82. The molecule has 0 aliphatic rings. The molecule has 0 spiro atoms. The van der Waals surface area contributed by atoms with Crippen molar-refractivity contribution in [2.24, 2.45) is 0 Å². The lowest BCUT2D eigenvalue weighted by molar-refractivity contribution is -0.121. The zero-order valence-corrected chi connectivity index (χ0v) is 15.3. The Morgan fingerprint density at radius 2 is 2.04 bits per heavy atom. The van der Waals surface area contributed by atoms with Crippen LogP contribution in [0.3, 0.4) is 0 Å². The molecule has 1 amide bonds.